The van der Waals surface area contributed by atoms with Gasteiger partial charge in [0.25, 0.3) is 5.91 Å². The van der Waals surface area contributed by atoms with Crippen LogP contribution in [0.3, 0.4) is 0 Å². The zero-order valence-corrected chi connectivity index (χ0v) is 14.3. The molecule has 0 aliphatic carbocycles. The summed E-state index contributed by atoms with van der Waals surface area (Å²) in [6.45, 7) is 1.55. The van der Waals surface area contributed by atoms with Crippen molar-refractivity contribution in [3.8, 4) is 0 Å². The molecule has 0 fully saturated rings. The zero-order chi connectivity index (χ0) is 18.4. The molecule has 3 rings (SSSR count). The number of hydrogen-bond donors (Lipinski definition) is 1. The molecule has 0 aliphatic heterocycles. The molecule has 1 heterocycles. The van der Waals surface area contributed by atoms with Crippen molar-refractivity contribution in [3.05, 3.63) is 78.0 Å². The van der Waals surface area contributed by atoms with Crippen molar-refractivity contribution in [2.45, 2.75) is 6.92 Å². The number of nitrogens with one attached hydrogen (secondary N) is 1. The van der Waals surface area contributed by atoms with Gasteiger partial charge in [-0.1, -0.05) is 42.5 Å². The van der Waals surface area contributed by atoms with E-state index in [1.807, 2.05) is 55.5 Å². The number of carbonyl (C=O) groups is 2. The zero-order valence-electron chi connectivity index (χ0n) is 14.3. The van der Waals surface area contributed by atoms with Crippen LogP contribution in [-0.4, -0.2) is 23.5 Å². The van der Waals surface area contributed by atoms with Gasteiger partial charge in [-0.2, -0.15) is 0 Å². The third-order valence-electron chi connectivity index (χ3n) is 3.83. The van der Waals surface area contributed by atoms with Crippen molar-refractivity contribution in [1.82, 2.24) is 4.98 Å². The van der Waals surface area contributed by atoms with Crippen molar-refractivity contribution in [1.29, 1.82) is 0 Å². The molecule has 5 nitrogen and oxygen atoms in total. The Morgan fingerprint density at radius 2 is 1.88 bits per heavy atom. The SMILES string of the molecule is Cc1ccccc1NC(=O)COC(=O)C=Cc1cccc2cccnc12. The number of ether oxygens (including phenoxy) is 1. The number of benzene rings is 2. The van der Waals surface area contributed by atoms with Gasteiger partial charge in [0, 0.05) is 28.9 Å². The first kappa shape index (κ1) is 17.4. The lowest BCUT2D eigenvalue weighted by Crippen LogP contribution is -2.20. The van der Waals surface area contributed by atoms with E-state index < -0.39 is 5.97 Å². The molecule has 0 aliphatic rings. The number of carbonyl (C=O) groups excluding carboxylic acids is 2. The molecule has 1 N–H and O–H groups in total. The number of para-hydroxylation sites is 2. The topological polar surface area (TPSA) is 68.3 Å². The average molecular weight is 346 g/mol. The second-order valence-corrected chi connectivity index (χ2v) is 5.73. The van der Waals surface area contributed by atoms with Crippen LogP contribution in [0.2, 0.25) is 0 Å². The molecular weight excluding hydrogens is 328 g/mol. The lowest BCUT2D eigenvalue weighted by atomic mass is 10.1. The number of amides is 1. The first-order chi connectivity index (χ1) is 12.6. The van der Waals surface area contributed by atoms with Crippen LogP contribution in [0.15, 0.2) is 66.9 Å². The molecule has 26 heavy (non-hydrogen) atoms. The number of aromatic nitrogens is 1. The van der Waals surface area contributed by atoms with Crippen molar-refractivity contribution < 1.29 is 14.3 Å². The Labute approximate surface area is 151 Å². The maximum absolute atomic E-state index is 11.9. The van der Waals surface area contributed by atoms with Gasteiger partial charge in [0.1, 0.15) is 0 Å². The standard InChI is InChI=1S/C21H18N2O3/c1-15-6-2-3-10-18(15)23-19(24)14-26-20(25)12-11-17-8-4-7-16-9-5-13-22-21(16)17/h2-13H,14H2,1H3,(H,23,24). The summed E-state index contributed by atoms with van der Waals surface area (Å²) >= 11 is 0. The van der Waals surface area contributed by atoms with Crippen LogP contribution in [0.1, 0.15) is 11.1 Å². The maximum atomic E-state index is 11.9. The highest BCUT2D eigenvalue weighted by molar-refractivity contribution is 5.96. The molecule has 1 aromatic heterocycles. The fraction of sp³-hybridized carbons (Fsp3) is 0.0952. The number of fused-ring (bicyclic) bond motifs is 1. The van der Waals surface area contributed by atoms with Gasteiger partial charge in [-0.15, -0.1) is 0 Å². The van der Waals surface area contributed by atoms with E-state index in [1.165, 1.54) is 6.08 Å². The fourth-order valence-corrected chi connectivity index (χ4v) is 2.50. The van der Waals surface area contributed by atoms with Gasteiger partial charge in [0.2, 0.25) is 0 Å². The Bertz CT molecular complexity index is 974. The van der Waals surface area contributed by atoms with Gasteiger partial charge in [-0.3, -0.25) is 9.78 Å². The number of aryl methyl sites for hydroxylation is 1. The van der Waals surface area contributed by atoms with Crippen molar-refractivity contribution in [2.24, 2.45) is 0 Å². The molecular formula is C21H18N2O3. The molecule has 130 valence electrons. The van der Waals surface area contributed by atoms with Crippen molar-refractivity contribution >= 4 is 34.5 Å². The predicted octanol–water partition coefficient (Wildman–Crippen LogP) is 3.74. The van der Waals surface area contributed by atoms with Gasteiger partial charge in [0.15, 0.2) is 6.61 Å². The number of esters is 1. The van der Waals surface area contributed by atoms with Gasteiger partial charge < -0.3 is 10.1 Å². The van der Waals surface area contributed by atoms with Crippen LogP contribution >= 0.6 is 0 Å². The van der Waals surface area contributed by atoms with E-state index in [1.54, 1.807) is 18.3 Å². The Balaban J connectivity index is 1.58. The molecule has 0 atom stereocenters. The summed E-state index contributed by atoms with van der Waals surface area (Å²) in [6, 6.07) is 16.9. The Morgan fingerprint density at radius 3 is 2.73 bits per heavy atom. The summed E-state index contributed by atoms with van der Waals surface area (Å²) in [5.74, 6) is -0.967. The van der Waals surface area contributed by atoms with Gasteiger partial charge in [-0.05, 0) is 30.7 Å². The second kappa shape index (κ2) is 8.07. The van der Waals surface area contributed by atoms with Crippen molar-refractivity contribution in [3.63, 3.8) is 0 Å². The van der Waals surface area contributed by atoms with E-state index in [0.29, 0.717) is 5.69 Å². The number of hydrogen-bond acceptors (Lipinski definition) is 4. The molecule has 0 bridgehead atoms. The van der Waals surface area contributed by atoms with Crippen molar-refractivity contribution in [2.75, 3.05) is 11.9 Å². The number of rotatable bonds is 5. The quantitative estimate of drug-likeness (QED) is 0.564. The molecule has 2 aromatic carbocycles. The molecule has 0 saturated carbocycles. The molecule has 0 unspecified atom stereocenters. The molecule has 0 spiro atoms. The monoisotopic (exact) mass is 346 g/mol. The Kier molecular flexibility index (Phi) is 5.39. The van der Waals surface area contributed by atoms with E-state index in [2.05, 4.69) is 10.3 Å². The van der Waals surface area contributed by atoms with E-state index >= 15 is 0 Å². The summed E-state index contributed by atoms with van der Waals surface area (Å²) in [4.78, 5) is 28.1. The van der Waals surface area contributed by atoms with Crippen LogP contribution in [0.5, 0.6) is 0 Å². The van der Waals surface area contributed by atoms with E-state index in [-0.39, 0.29) is 12.5 Å². The minimum atomic E-state index is -0.585. The lowest BCUT2D eigenvalue weighted by Gasteiger charge is -2.07. The Hall–Kier alpha value is -3.47. The summed E-state index contributed by atoms with van der Waals surface area (Å²) in [6.07, 6.45) is 4.63. The molecule has 0 saturated heterocycles. The van der Waals surface area contributed by atoms with Crippen LogP contribution in [-0.2, 0) is 14.3 Å². The molecule has 0 radical (unpaired) electrons. The maximum Gasteiger partial charge on any atom is 0.331 e. The normalized spacial score (nSPS) is 10.8. The minimum Gasteiger partial charge on any atom is -0.452 e. The third-order valence-corrected chi connectivity index (χ3v) is 3.83. The molecule has 3 aromatic rings. The van der Waals surface area contributed by atoms with Gasteiger partial charge in [0.05, 0.1) is 5.52 Å². The van der Waals surface area contributed by atoms with E-state index in [9.17, 15) is 9.59 Å². The summed E-state index contributed by atoms with van der Waals surface area (Å²) in [5.41, 5.74) is 3.25. The van der Waals surface area contributed by atoms with Crippen LogP contribution in [0, 0.1) is 6.92 Å². The summed E-state index contributed by atoms with van der Waals surface area (Å²) in [7, 11) is 0. The Morgan fingerprint density at radius 1 is 1.08 bits per heavy atom. The number of nitrogens with zero attached hydrogens (tertiary/aromatic N) is 1. The first-order valence-electron chi connectivity index (χ1n) is 8.17. The highest BCUT2D eigenvalue weighted by Gasteiger charge is 2.07. The number of anilines is 1. The van der Waals surface area contributed by atoms with Crippen LogP contribution in [0.4, 0.5) is 5.69 Å². The molecule has 5 heteroatoms. The van der Waals surface area contributed by atoms with Gasteiger partial charge in [-0.25, -0.2) is 4.79 Å². The minimum absolute atomic E-state index is 0.342. The van der Waals surface area contributed by atoms with Gasteiger partial charge >= 0.3 is 5.97 Å². The molecule has 1 amide bonds. The average Bonchev–Trinajstić information content (AvgIpc) is 2.66. The van der Waals surface area contributed by atoms with E-state index in [0.717, 1.165) is 22.0 Å². The van der Waals surface area contributed by atoms with Crippen LogP contribution in [0.25, 0.3) is 17.0 Å². The third kappa shape index (κ3) is 4.33. The largest absolute Gasteiger partial charge is 0.452 e. The number of pyridine rings is 1. The predicted molar refractivity (Wildman–Crippen MR) is 102 cm³/mol. The second-order valence-electron chi connectivity index (χ2n) is 5.73. The smallest absolute Gasteiger partial charge is 0.331 e. The first-order valence-corrected chi connectivity index (χ1v) is 8.17. The highest BCUT2D eigenvalue weighted by atomic mass is 16.5. The lowest BCUT2D eigenvalue weighted by molar-refractivity contribution is -0.142. The summed E-state index contributed by atoms with van der Waals surface area (Å²) < 4.78 is 4.99. The fourth-order valence-electron chi connectivity index (χ4n) is 2.50. The van der Waals surface area contributed by atoms with Crippen LogP contribution < -0.4 is 5.32 Å². The highest BCUT2D eigenvalue weighted by Crippen LogP contribution is 2.17. The summed E-state index contributed by atoms with van der Waals surface area (Å²) in [5, 5.41) is 3.70. The van der Waals surface area contributed by atoms with E-state index in [4.69, 9.17) is 4.74 Å².